The summed E-state index contributed by atoms with van der Waals surface area (Å²) in [6.45, 7) is 8.57. The summed E-state index contributed by atoms with van der Waals surface area (Å²) in [5, 5.41) is 1.31. The minimum absolute atomic E-state index is 0.0122. The summed E-state index contributed by atoms with van der Waals surface area (Å²) in [4.78, 5) is 17.1. The van der Waals surface area contributed by atoms with Gasteiger partial charge in [0.25, 0.3) is 5.91 Å². The van der Waals surface area contributed by atoms with Gasteiger partial charge in [-0.1, -0.05) is 29.3 Å². The van der Waals surface area contributed by atoms with Crippen LogP contribution in [-0.4, -0.2) is 55.1 Å². The van der Waals surface area contributed by atoms with E-state index in [2.05, 4.69) is 4.90 Å². The molecule has 0 atom stereocenters. The van der Waals surface area contributed by atoms with Crippen LogP contribution in [0.3, 0.4) is 0 Å². The molecule has 7 heteroatoms. The standard InChI is InChI=1S/C22H26Cl2N2O3/c1-3-28-20-8-6-16(13-21(20)29-4-2)22(27)26-11-9-25(10-12-26)15-17-5-7-18(23)14-19(17)24/h5-8,13-14H,3-4,9-12,15H2,1-2H3. The van der Waals surface area contributed by atoms with Gasteiger partial charge in [-0.15, -0.1) is 0 Å². The molecule has 1 aliphatic heterocycles. The van der Waals surface area contributed by atoms with Gasteiger partial charge in [0.1, 0.15) is 0 Å². The quantitative estimate of drug-likeness (QED) is 0.627. The van der Waals surface area contributed by atoms with Gasteiger partial charge >= 0.3 is 0 Å². The highest BCUT2D eigenvalue weighted by Gasteiger charge is 2.23. The monoisotopic (exact) mass is 436 g/mol. The average Bonchev–Trinajstić information content (AvgIpc) is 2.72. The summed E-state index contributed by atoms with van der Waals surface area (Å²) in [5.74, 6) is 1.28. The van der Waals surface area contributed by atoms with Gasteiger partial charge in [0.15, 0.2) is 11.5 Å². The topological polar surface area (TPSA) is 42.0 Å². The zero-order chi connectivity index (χ0) is 20.8. The van der Waals surface area contributed by atoms with Crippen molar-refractivity contribution in [2.45, 2.75) is 20.4 Å². The van der Waals surface area contributed by atoms with Gasteiger partial charge in [-0.2, -0.15) is 0 Å². The number of nitrogens with zero attached hydrogens (tertiary/aromatic N) is 2. The van der Waals surface area contributed by atoms with Crippen LogP contribution in [-0.2, 0) is 6.54 Å². The second-order valence-electron chi connectivity index (χ2n) is 6.83. The van der Waals surface area contributed by atoms with Crippen molar-refractivity contribution < 1.29 is 14.3 Å². The number of halogens is 2. The highest BCUT2D eigenvalue weighted by molar-refractivity contribution is 6.35. The molecule has 0 aromatic heterocycles. The number of amides is 1. The van der Waals surface area contributed by atoms with E-state index >= 15 is 0 Å². The summed E-state index contributed by atoms with van der Waals surface area (Å²) in [6, 6.07) is 11.0. The molecular formula is C22H26Cl2N2O3. The Morgan fingerprint density at radius 3 is 2.28 bits per heavy atom. The van der Waals surface area contributed by atoms with Crippen LogP contribution in [0.4, 0.5) is 0 Å². The summed E-state index contributed by atoms with van der Waals surface area (Å²) in [7, 11) is 0. The molecule has 1 amide bonds. The molecule has 0 N–H and O–H groups in total. The number of hydrogen-bond acceptors (Lipinski definition) is 4. The van der Waals surface area contributed by atoms with E-state index in [0.29, 0.717) is 53.4 Å². The Bertz CT molecular complexity index is 852. The molecule has 0 spiro atoms. The predicted octanol–water partition coefficient (Wildman–Crippen LogP) is 4.75. The van der Waals surface area contributed by atoms with Crippen molar-refractivity contribution in [2.75, 3.05) is 39.4 Å². The number of carbonyl (C=O) groups excluding carboxylic acids is 1. The molecule has 0 saturated carbocycles. The third-order valence-electron chi connectivity index (χ3n) is 4.86. The molecule has 2 aromatic carbocycles. The maximum Gasteiger partial charge on any atom is 0.254 e. The lowest BCUT2D eigenvalue weighted by Gasteiger charge is -2.35. The molecule has 0 aliphatic carbocycles. The van der Waals surface area contributed by atoms with Crippen molar-refractivity contribution in [3.05, 3.63) is 57.6 Å². The van der Waals surface area contributed by atoms with Gasteiger partial charge in [0, 0.05) is 48.3 Å². The largest absolute Gasteiger partial charge is 0.490 e. The number of ether oxygens (including phenoxy) is 2. The Hall–Kier alpha value is -1.95. The maximum atomic E-state index is 13.0. The van der Waals surface area contributed by atoms with Gasteiger partial charge in [0.2, 0.25) is 0 Å². The fraction of sp³-hybridized carbons (Fsp3) is 0.409. The molecule has 1 saturated heterocycles. The smallest absolute Gasteiger partial charge is 0.254 e. The molecular weight excluding hydrogens is 411 g/mol. The fourth-order valence-corrected chi connectivity index (χ4v) is 3.83. The van der Waals surface area contributed by atoms with Crippen LogP contribution in [0.15, 0.2) is 36.4 Å². The summed E-state index contributed by atoms with van der Waals surface area (Å²) in [5.41, 5.74) is 1.66. The molecule has 0 unspecified atom stereocenters. The van der Waals surface area contributed by atoms with E-state index < -0.39 is 0 Å². The Kier molecular flexibility index (Phi) is 7.64. The Balaban J connectivity index is 1.61. The summed E-state index contributed by atoms with van der Waals surface area (Å²) in [6.07, 6.45) is 0. The summed E-state index contributed by atoms with van der Waals surface area (Å²) < 4.78 is 11.2. The molecule has 1 heterocycles. The van der Waals surface area contributed by atoms with Crippen LogP contribution in [0.1, 0.15) is 29.8 Å². The molecule has 0 radical (unpaired) electrons. The van der Waals surface area contributed by atoms with Gasteiger partial charge in [0.05, 0.1) is 13.2 Å². The van der Waals surface area contributed by atoms with E-state index in [1.54, 1.807) is 24.3 Å². The van der Waals surface area contributed by atoms with Crippen LogP contribution < -0.4 is 9.47 Å². The van der Waals surface area contributed by atoms with Gasteiger partial charge in [-0.05, 0) is 49.7 Å². The first-order valence-corrected chi connectivity index (χ1v) is 10.6. The van der Waals surface area contributed by atoms with Crippen molar-refractivity contribution in [3.8, 4) is 11.5 Å². The van der Waals surface area contributed by atoms with E-state index in [1.165, 1.54) is 0 Å². The molecule has 1 aliphatic rings. The maximum absolute atomic E-state index is 13.0. The third kappa shape index (κ3) is 5.56. The van der Waals surface area contributed by atoms with Crippen molar-refractivity contribution in [3.63, 3.8) is 0 Å². The Morgan fingerprint density at radius 2 is 1.62 bits per heavy atom. The highest BCUT2D eigenvalue weighted by Crippen LogP contribution is 2.29. The van der Waals surface area contributed by atoms with Crippen LogP contribution >= 0.6 is 23.2 Å². The molecule has 29 heavy (non-hydrogen) atoms. The summed E-state index contributed by atoms with van der Waals surface area (Å²) >= 11 is 12.3. The second kappa shape index (κ2) is 10.2. The van der Waals surface area contributed by atoms with Crippen LogP contribution in [0.5, 0.6) is 11.5 Å². The first kappa shape index (κ1) is 21.8. The number of rotatable bonds is 7. The molecule has 5 nitrogen and oxygen atoms in total. The number of benzene rings is 2. The SMILES string of the molecule is CCOc1ccc(C(=O)N2CCN(Cc3ccc(Cl)cc3Cl)CC2)cc1OCC. The average molecular weight is 437 g/mol. The van der Waals surface area contributed by atoms with Gasteiger partial charge in [-0.25, -0.2) is 0 Å². The fourth-order valence-electron chi connectivity index (χ4n) is 3.37. The molecule has 3 rings (SSSR count). The van der Waals surface area contributed by atoms with Crippen molar-refractivity contribution in [1.29, 1.82) is 0 Å². The van der Waals surface area contributed by atoms with E-state index in [1.807, 2.05) is 30.9 Å². The van der Waals surface area contributed by atoms with Crippen molar-refractivity contribution in [1.82, 2.24) is 9.80 Å². The van der Waals surface area contributed by atoms with E-state index in [-0.39, 0.29) is 5.91 Å². The highest BCUT2D eigenvalue weighted by atomic mass is 35.5. The third-order valence-corrected chi connectivity index (χ3v) is 5.45. The zero-order valence-corrected chi connectivity index (χ0v) is 18.3. The lowest BCUT2D eigenvalue weighted by molar-refractivity contribution is 0.0628. The van der Waals surface area contributed by atoms with Crippen molar-refractivity contribution >= 4 is 29.1 Å². The van der Waals surface area contributed by atoms with E-state index in [0.717, 1.165) is 25.2 Å². The Morgan fingerprint density at radius 1 is 0.931 bits per heavy atom. The van der Waals surface area contributed by atoms with Gasteiger partial charge < -0.3 is 14.4 Å². The second-order valence-corrected chi connectivity index (χ2v) is 7.68. The van der Waals surface area contributed by atoms with Crippen LogP contribution in [0.2, 0.25) is 10.0 Å². The Labute approximate surface area is 182 Å². The first-order chi connectivity index (χ1) is 14.0. The normalized spacial score (nSPS) is 14.7. The minimum Gasteiger partial charge on any atom is -0.490 e. The lowest BCUT2D eigenvalue weighted by atomic mass is 10.1. The zero-order valence-electron chi connectivity index (χ0n) is 16.8. The van der Waals surface area contributed by atoms with Crippen LogP contribution in [0.25, 0.3) is 0 Å². The van der Waals surface area contributed by atoms with Crippen molar-refractivity contribution in [2.24, 2.45) is 0 Å². The van der Waals surface area contributed by atoms with Gasteiger partial charge in [-0.3, -0.25) is 9.69 Å². The number of carbonyl (C=O) groups is 1. The number of piperazine rings is 1. The van der Waals surface area contributed by atoms with E-state index in [9.17, 15) is 4.79 Å². The molecule has 1 fully saturated rings. The molecule has 2 aromatic rings. The molecule has 156 valence electrons. The minimum atomic E-state index is 0.0122. The number of hydrogen-bond donors (Lipinski definition) is 0. The molecule has 0 bridgehead atoms. The van der Waals surface area contributed by atoms with Crippen LogP contribution in [0, 0.1) is 0 Å². The lowest BCUT2D eigenvalue weighted by Crippen LogP contribution is -2.48. The predicted molar refractivity (Wildman–Crippen MR) is 116 cm³/mol. The van der Waals surface area contributed by atoms with E-state index in [4.69, 9.17) is 32.7 Å². The first-order valence-electron chi connectivity index (χ1n) is 9.87.